The minimum absolute atomic E-state index is 0.0195. The average molecular weight is 1030 g/mol. The van der Waals surface area contributed by atoms with E-state index in [1.165, 1.54) is 13.8 Å². The van der Waals surface area contributed by atoms with Crippen LogP contribution in [-0.4, -0.2) is 140 Å². The van der Waals surface area contributed by atoms with Crippen LogP contribution in [0, 0.1) is 17.3 Å². The monoisotopic (exact) mass is 1030 g/mol. The molecule has 4 rings (SSSR count). The molecule has 3 heterocycles. The molecule has 0 radical (unpaired) electrons. The Bertz CT molecular complexity index is 2200. The average Bonchev–Trinajstić information content (AvgIpc) is 3.91. The van der Waals surface area contributed by atoms with Crippen molar-refractivity contribution < 1.29 is 90.4 Å². The largest absolute Gasteiger partial charge is 0.481 e. The number of anilines is 1. The first-order valence-electron chi connectivity index (χ1n) is 21.2. The van der Waals surface area contributed by atoms with Gasteiger partial charge in [0.15, 0.2) is 22.8 Å². The zero-order valence-electron chi connectivity index (χ0n) is 37.0. The number of nitrogen functional groups attached to an aromatic ring is 1. The van der Waals surface area contributed by atoms with E-state index in [4.69, 9.17) is 19.5 Å². The van der Waals surface area contributed by atoms with Gasteiger partial charge in [0.25, 0.3) is 0 Å². The number of rotatable bonds is 28. The highest BCUT2D eigenvalue weighted by Gasteiger charge is 2.50. The Hall–Kier alpha value is -3.07. The molecule has 26 nitrogen and oxygen atoms in total. The van der Waals surface area contributed by atoms with Crippen molar-refractivity contribution in [2.45, 2.75) is 115 Å². The number of hydrogen-bond donors (Lipinski definition) is 10. The molecule has 2 aliphatic rings. The molecule has 1 aliphatic carbocycles. The van der Waals surface area contributed by atoms with Gasteiger partial charge in [-0.1, -0.05) is 51.1 Å². The van der Waals surface area contributed by atoms with Crippen LogP contribution in [0.3, 0.4) is 0 Å². The minimum Gasteiger partial charge on any atom is -0.393 e. The number of allylic oxidation sites excluding steroid dienone is 2. The van der Waals surface area contributed by atoms with Crippen LogP contribution >= 0.6 is 35.2 Å². The predicted molar refractivity (Wildman–Crippen MR) is 237 cm³/mol. The zero-order chi connectivity index (χ0) is 49.7. The van der Waals surface area contributed by atoms with E-state index in [1.54, 1.807) is 0 Å². The number of nitrogens with one attached hydrogen (secondary N) is 2. The Morgan fingerprint density at radius 2 is 1.78 bits per heavy atom. The van der Waals surface area contributed by atoms with Gasteiger partial charge in [-0.25, -0.2) is 28.6 Å². The number of fused-ring (bicyclic) bond motifs is 1. The van der Waals surface area contributed by atoms with Crippen molar-refractivity contribution in [3.05, 3.63) is 24.8 Å². The Labute approximate surface area is 389 Å². The third kappa shape index (κ3) is 17.7. The van der Waals surface area contributed by atoms with E-state index in [2.05, 4.69) is 46.6 Å². The number of nitrogens with two attached hydrogens (primary N) is 1. The van der Waals surface area contributed by atoms with E-state index >= 15 is 0 Å². The van der Waals surface area contributed by atoms with Crippen molar-refractivity contribution in [3.8, 4) is 0 Å². The van der Waals surface area contributed by atoms with Gasteiger partial charge in [-0.2, -0.15) is 4.31 Å². The Morgan fingerprint density at radius 3 is 2.48 bits per heavy atom. The molecular formula is C37H60N7O19P3S. The quantitative estimate of drug-likeness (QED) is 0.0328. The molecule has 0 bridgehead atoms. The van der Waals surface area contributed by atoms with Gasteiger partial charge in [0.1, 0.15) is 42.0 Å². The number of phosphoric acid groups is 3. The molecule has 1 saturated heterocycles. The van der Waals surface area contributed by atoms with Crippen LogP contribution in [0.2, 0.25) is 0 Å². The summed E-state index contributed by atoms with van der Waals surface area (Å²) in [5, 5.41) is 36.6. The highest BCUT2D eigenvalue weighted by molar-refractivity contribution is 8.13. The summed E-state index contributed by atoms with van der Waals surface area (Å²) in [6, 6.07) is 0. The lowest BCUT2D eigenvalue weighted by atomic mass is 9.87. The number of aliphatic hydroxyl groups excluding tert-OH is 3. The number of aliphatic hydroxyl groups is 3. The van der Waals surface area contributed by atoms with E-state index in [-0.39, 0.29) is 71.4 Å². The Balaban J connectivity index is 1.13. The summed E-state index contributed by atoms with van der Waals surface area (Å²) < 4.78 is 62.4. The summed E-state index contributed by atoms with van der Waals surface area (Å²) in [4.78, 5) is 101. The number of amides is 2. The number of thioether (sulfide) groups is 1. The second kappa shape index (κ2) is 25.2. The SMILES string of the molecule is CC/C=C\C[C@@H]1C(=O)CC[C@@H]1CCCC(O)CC(=O)SCCNC(=O)CCNC(=O)C(O)C(C)(C)COP(=O)(O)OP(=O)(O)OC[C@H]1O[C@@H](n2cnc3c(N)ncnc32)[C@H](O)[C@@H]1OP(=O)(O)O. The summed E-state index contributed by atoms with van der Waals surface area (Å²) in [5.41, 5.74) is 4.23. The second-order valence-corrected chi connectivity index (χ2v) is 22.0. The molecule has 10 atom stereocenters. The molecule has 30 heteroatoms. The molecule has 2 aromatic heterocycles. The van der Waals surface area contributed by atoms with Crippen molar-refractivity contribution in [1.82, 2.24) is 30.2 Å². The van der Waals surface area contributed by atoms with Crippen LogP contribution in [0.4, 0.5) is 5.82 Å². The molecule has 1 aliphatic heterocycles. The molecule has 2 aromatic rings. The molecule has 378 valence electrons. The summed E-state index contributed by atoms with van der Waals surface area (Å²) in [6.07, 6.45) is 1.22. The zero-order valence-corrected chi connectivity index (χ0v) is 40.5. The lowest BCUT2D eigenvalue weighted by Gasteiger charge is -2.30. The highest BCUT2D eigenvalue weighted by atomic mass is 32.2. The minimum atomic E-state index is -5.60. The number of aromatic nitrogens is 4. The van der Waals surface area contributed by atoms with E-state index in [9.17, 15) is 67.8 Å². The maximum Gasteiger partial charge on any atom is 0.481 e. The number of ether oxygens (including phenoxy) is 1. The van der Waals surface area contributed by atoms with E-state index in [1.807, 2.05) is 6.92 Å². The number of nitrogens with zero attached hydrogens (tertiary/aromatic N) is 4. The number of ketones is 1. The van der Waals surface area contributed by atoms with Gasteiger partial charge in [0.05, 0.1) is 25.6 Å². The van der Waals surface area contributed by atoms with Crippen LogP contribution in [0.1, 0.15) is 84.8 Å². The van der Waals surface area contributed by atoms with Gasteiger partial charge in [0, 0.05) is 49.4 Å². The topological polar surface area (TPSA) is 401 Å². The Kier molecular flexibility index (Phi) is 21.2. The molecule has 4 unspecified atom stereocenters. The standard InChI is InChI=1S/C37H60N7O19P3S/c1-4-5-6-10-24-22(11-12-25(24)46)8-7-9-23(45)17-28(48)67-16-15-39-27(47)13-14-40-35(51)32(50)37(2,3)19-60-66(57,58)63-65(55,56)59-18-26-31(62-64(52,53)54)30(49)36(61-26)44-21-43-29-33(38)41-20-42-34(29)44/h5-6,20-24,26,30-32,36,45,49-50H,4,7-19H2,1-3H3,(H,39,47)(H,40,51)(H,55,56)(H,57,58)(H2,38,41,42)(H2,52,53,54)/b6-5-/t22-,23?,24-,26+,30+,31+,32?,36+/m0/s1. The Morgan fingerprint density at radius 1 is 1.06 bits per heavy atom. The molecule has 0 spiro atoms. The van der Waals surface area contributed by atoms with Crippen molar-refractivity contribution in [3.63, 3.8) is 0 Å². The molecule has 11 N–H and O–H groups in total. The normalized spacial score (nSPS) is 24.1. The number of imidazole rings is 1. The van der Waals surface area contributed by atoms with E-state index < -0.39 is 90.7 Å². The van der Waals surface area contributed by atoms with Crippen LogP contribution in [0.25, 0.3) is 11.2 Å². The fourth-order valence-corrected chi connectivity index (χ4v) is 10.9. The maximum atomic E-state index is 12.7. The third-order valence-electron chi connectivity index (χ3n) is 10.8. The van der Waals surface area contributed by atoms with Crippen LogP contribution in [0.15, 0.2) is 24.8 Å². The van der Waals surface area contributed by atoms with Crippen molar-refractivity contribution >= 4 is 74.9 Å². The van der Waals surface area contributed by atoms with Gasteiger partial charge >= 0.3 is 23.5 Å². The first kappa shape index (κ1) is 56.5. The third-order valence-corrected chi connectivity index (χ3v) is 14.8. The van der Waals surface area contributed by atoms with Gasteiger partial charge in [-0.05, 0) is 38.0 Å². The lowest BCUT2D eigenvalue weighted by molar-refractivity contribution is -0.137. The van der Waals surface area contributed by atoms with Crippen LogP contribution < -0.4 is 16.4 Å². The number of hydrogen-bond acceptors (Lipinski definition) is 20. The maximum absolute atomic E-state index is 12.7. The van der Waals surface area contributed by atoms with Gasteiger partial charge in [-0.15, -0.1) is 0 Å². The predicted octanol–water partition coefficient (Wildman–Crippen LogP) is 1.54. The number of Topliss-reactive ketones (excluding diaryl/α,β-unsaturated/α-hetero) is 1. The molecule has 2 amide bonds. The first-order chi connectivity index (χ1) is 31.3. The molecular weight excluding hydrogens is 971 g/mol. The summed E-state index contributed by atoms with van der Waals surface area (Å²) in [5.74, 6) is -0.714. The number of phosphoric ester groups is 3. The van der Waals surface area contributed by atoms with Crippen molar-refractivity contribution in [1.29, 1.82) is 0 Å². The lowest BCUT2D eigenvalue weighted by Crippen LogP contribution is -2.46. The van der Waals surface area contributed by atoms with Crippen LogP contribution in [0.5, 0.6) is 0 Å². The molecule has 1 saturated carbocycles. The molecule has 2 fully saturated rings. The van der Waals surface area contributed by atoms with Crippen molar-refractivity contribution in [2.75, 3.05) is 37.8 Å². The molecule has 67 heavy (non-hydrogen) atoms. The fourth-order valence-electron chi connectivity index (χ4n) is 7.32. The van der Waals surface area contributed by atoms with Crippen LogP contribution in [-0.2, 0) is 55.5 Å². The van der Waals surface area contributed by atoms with Gasteiger partial charge in [0.2, 0.25) is 11.8 Å². The smallest absolute Gasteiger partial charge is 0.393 e. The van der Waals surface area contributed by atoms with Gasteiger partial charge < -0.3 is 56.0 Å². The van der Waals surface area contributed by atoms with Crippen molar-refractivity contribution in [2.24, 2.45) is 17.3 Å². The van der Waals surface area contributed by atoms with E-state index in [0.29, 0.717) is 19.3 Å². The second-order valence-electron chi connectivity index (χ2n) is 16.6. The highest BCUT2D eigenvalue weighted by Crippen LogP contribution is 2.61. The number of carbonyl (C=O) groups is 4. The number of carbonyl (C=O) groups excluding carboxylic acids is 4. The molecule has 0 aromatic carbocycles. The van der Waals surface area contributed by atoms with E-state index in [0.717, 1.165) is 54.7 Å². The van der Waals surface area contributed by atoms with Gasteiger partial charge in [-0.3, -0.25) is 37.3 Å². The fraction of sp³-hybridized carbons (Fsp3) is 0.703. The summed E-state index contributed by atoms with van der Waals surface area (Å²) in [7, 11) is -16.5. The first-order valence-corrected chi connectivity index (χ1v) is 26.7. The summed E-state index contributed by atoms with van der Waals surface area (Å²) in [6.45, 7) is 2.34. The summed E-state index contributed by atoms with van der Waals surface area (Å²) >= 11 is 0.957.